The summed E-state index contributed by atoms with van der Waals surface area (Å²) < 4.78 is 37.3. The topological polar surface area (TPSA) is 105 Å². The maximum atomic E-state index is 13.7. The summed E-state index contributed by atoms with van der Waals surface area (Å²) in [6.07, 6.45) is 5.01. The van der Waals surface area contributed by atoms with Crippen LogP contribution in [0.3, 0.4) is 0 Å². The molecule has 202 valence electrons. The first-order valence-electron chi connectivity index (χ1n) is 12.4. The number of carbonyl (C=O) groups excluding carboxylic acids is 2. The highest BCUT2D eigenvalue weighted by Gasteiger charge is 2.32. The Morgan fingerprint density at radius 3 is 2.27 bits per heavy atom. The Kier molecular flexibility index (Phi) is 9.42. The molecule has 1 aliphatic carbocycles. The highest BCUT2D eigenvalue weighted by atomic mass is 32.2. The molecule has 0 aliphatic heterocycles. The molecule has 0 aromatic heterocycles. The van der Waals surface area contributed by atoms with Crippen molar-refractivity contribution >= 4 is 27.5 Å². The molecule has 2 aromatic rings. The fourth-order valence-corrected chi connectivity index (χ4v) is 5.30. The van der Waals surface area contributed by atoms with Crippen molar-refractivity contribution in [2.75, 3.05) is 31.3 Å². The lowest BCUT2D eigenvalue weighted by Crippen LogP contribution is -2.52. The van der Waals surface area contributed by atoms with E-state index < -0.39 is 28.5 Å². The molecular formula is C27H37N3O6S. The highest BCUT2D eigenvalue weighted by molar-refractivity contribution is 7.92. The van der Waals surface area contributed by atoms with Crippen molar-refractivity contribution in [3.63, 3.8) is 0 Å². The van der Waals surface area contributed by atoms with Gasteiger partial charge in [-0.3, -0.25) is 13.9 Å². The Morgan fingerprint density at radius 2 is 1.70 bits per heavy atom. The third-order valence-corrected chi connectivity index (χ3v) is 7.80. The van der Waals surface area contributed by atoms with Crippen LogP contribution in [0.2, 0.25) is 0 Å². The smallest absolute Gasteiger partial charge is 0.244 e. The van der Waals surface area contributed by atoms with Crippen LogP contribution in [-0.4, -0.2) is 64.2 Å². The molecule has 1 fully saturated rings. The molecular weight excluding hydrogens is 494 g/mol. The van der Waals surface area contributed by atoms with Crippen LogP contribution in [0.1, 0.15) is 43.7 Å². The molecule has 1 N–H and O–H groups in total. The molecule has 0 radical (unpaired) electrons. The van der Waals surface area contributed by atoms with Crippen molar-refractivity contribution in [2.24, 2.45) is 0 Å². The zero-order valence-corrected chi connectivity index (χ0v) is 23.0. The van der Waals surface area contributed by atoms with Crippen LogP contribution in [0, 0.1) is 6.92 Å². The second-order valence-corrected chi connectivity index (χ2v) is 11.4. The van der Waals surface area contributed by atoms with Gasteiger partial charge in [-0.1, -0.05) is 42.7 Å². The SMILES string of the molecule is COc1ccc(N(CC(=O)N(Cc2ccc(C)cc2)[C@@H](C)C(=O)NC2CCCC2)S(C)(=O)=O)c(OC)c1. The molecule has 37 heavy (non-hydrogen) atoms. The van der Waals surface area contributed by atoms with Crippen LogP contribution in [-0.2, 0) is 26.2 Å². The molecule has 1 saturated carbocycles. The third kappa shape index (κ3) is 7.38. The van der Waals surface area contributed by atoms with E-state index in [-0.39, 0.29) is 29.9 Å². The predicted octanol–water partition coefficient (Wildman–Crippen LogP) is 3.25. The largest absolute Gasteiger partial charge is 0.497 e. The second-order valence-electron chi connectivity index (χ2n) is 9.48. The number of rotatable bonds is 11. The van der Waals surface area contributed by atoms with E-state index in [4.69, 9.17) is 9.47 Å². The van der Waals surface area contributed by atoms with Crippen LogP contribution >= 0.6 is 0 Å². The number of nitrogens with one attached hydrogen (secondary N) is 1. The Bertz CT molecular complexity index is 1190. The fraction of sp³-hybridized carbons (Fsp3) is 0.481. The molecule has 1 atom stereocenters. The van der Waals surface area contributed by atoms with E-state index in [1.54, 1.807) is 19.1 Å². The van der Waals surface area contributed by atoms with E-state index >= 15 is 0 Å². The van der Waals surface area contributed by atoms with Crippen molar-refractivity contribution in [1.29, 1.82) is 0 Å². The molecule has 10 heteroatoms. The van der Waals surface area contributed by atoms with Gasteiger partial charge >= 0.3 is 0 Å². The molecule has 3 rings (SSSR count). The number of methoxy groups -OCH3 is 2. The van der Waals surface area contributed by atoms with Crippen molar-refractivity contribution < 1.29 is 27.5 Å². The minimum Gasteiger partial charge on any atom is -0.497 e. The number of hydrogen-bond acceptors (Lipinski definition) is 6. The number of anilines is 1. The number of hydrogen-bond donors (Lipinski definition) is 1. The van der Waals surface area contributed by atoms with E-state index in [1.807, 2.05) is 31.2 Å². The Morgan fingerprint density at radius 1 is 1.05 bits per heavy atom. The van der Waals surface area contributed by atoms with Gasteiger partial charge in [0.15, 0.2) is 0 Å². The Labute approximate surface area is 219 Å². The first kappa shape index (κ1) is 28.3. The Balaban J connectivity index is 1.92. The number of benzene rings is 2. The van der Waals surface area contributed by atoms with Crippen molar-refractivity contribution in [2.45, 2.75) is 58.2 Å². The van der Waals surface area contributed by atoms with Crippen LogP contribution in [0.25, 0.3) is 0 Å². The summed E-state index contributed by atoms with van der Waals surface area (Å²) in [6.45, 7) is 3.32. The van der Waals surface area contributed by atoms with Gasteiger partial charge in [0.2, 0.25) is 21.8 Å². The maximum Gasteiger partial charge on any atom is 0.244 e. The molecule has 0 bridgehead atoms. The zero-order valence-electron chi connectivity index (χ0n) is 22.2. The molecule has 2 amide bonds. The van der Waals surface area contributed by atoms with Crippen molar-refractivity contribution in [3.8, 4) is 11.5 Å². The van der Waals surface area contributed by atoms with Crippen LogP contribution in [0.4, 0.5) is 5.69 Å². The number of aryl methyl sites for hydroxylation is 1. The van der Waals surface area contributed by atoms with Gasteiger partial charge in [0, 0.05) is 18.7 Å². The minimum atomic E-state index is -3.88. The molecule has 9 nitrogen and oxygen atoms in total. The average Bonchev–Trinajstić information content (AvgIpc) is 3.38. The summed E-state index contributed by atoms with van der Waals surface area (Å²) in [5, 5.41) is 3.06. The lowest BCUT2D eigenvalue weighted by atomic mass is 10.1. The molecule has 0 heterocycles. The van der Waals surface area contributed by atoms with Crippen molar-refractivity contribution in [1.82, 2.24) is 10.2 Å². The van der Waals surface area contributed by atoms with Crippen LogP contribution in [0.15, 0.2) is 42.5 Å². The minimum absolute atomic E-state index is 0.0994. The molecule has 0 saturated heterocycles. The van der Waals surface area contributed by atoms with Gasteiger partial charge in [-0.05, 0) is 44.4 Å². The van der Waals surface area contributed by atoms with Gasteiger partial charge in [0.25, 0.3) is 0 Å². The average molecular weight is 532 g/mol. The summed E-state index contributed by atoms with van der Waals surface area (Å²) in [6, 6.07) is 11.7. The number of sulfonamides is 1. The first-order valence-corrected chi connectivity index (χ1v) is 14.2. The standard InChI is InChI=1S/C27H37N3O6S/c1-19-10-12-21(13-11-19)17-29(20(2)27(32)28-22-8-6-7-9-22)26(31)18-30(37(5,33)34)24-15-14-23(35-3)16-25(24)36-4/h10-16,20,22H,6-9,17-18H2,1-5H3,(H,28,32)/t20-/m0/s1. The van der Waals surface area contributed by atoms with E-state index in [2.05, 4.69) is 5.32 Å². The quantitative estimate of drug-likeness (QED) is 0.477. The number of nitrogens with zero attached hydrogens (tertiary/aromatic N) is 2. The van der Waals surface area contributed by atoms with Crippen molar-refractivity contribution in [3.05, 3.63) is 53.6 Å². The monoisotopic (exact) mass is 531 g/mol. The first-order chi connectivity index (χ1) is 17.5. The lowest BCUT2D eigenvalue weighted by Gasteiger charge is -2.32. The summed E-state index contributed by atoms with van der Waals surface area (Å²) in [5.74, 6) is -0.0218. The molecule has 0 spiro atoms. The molecule has 1 aliphatic rings. The van der Waals surface area contributed by atoms with Gasteiger partial charge < -0.3 is 19.7 Å². The van der Waals surface area contributed by atoms with E-state index in [9.17, 15) is 18.0 Å². The highest BCUT2D eigenvalue weighted by Crippen LogP contribution is 2.33. The number of carbonyl (C=O) groups is 2. The summed E-state index contributed by atoms with van der Waals surface area (Å²) in [7, 11) is -0.968. The zero-order chi connectivity index (χ0) is 27.2. The number of amides is 2. The summed E-state index contributed by atoms with van der Waals surface area (Å²) >= 11 is 0. The maximum absolute atomic E-state index is 13.7. The second kappa shape index (κ2) is 12.3. The van der Waals surface area contributed by atoms with Crippen LogP contribution < -0.4 is 19.1 Å². The van der Waals surface area contributed by atoms with Gasteiger partial charge in [0.1, 0.15) is 24.1 Å². The normalized spacial score (nSPS) is 14.6. The number of ether oxygens (including phenoxy) is 2. The Hall–Kier alpha value is -3.27. The summed E-state index contributed by atoms with van der Waals surface area (Å²) in [4.78, 5) is 28.3. The van der Waals surface area contributed by atoms with Crippen LogP contribution in [0.5, 0.6) is 11.5 Å². The van der Waals surface area contributed by atoms with E-state index in [1.165, 1.54) is 25.2 Å². The third-order valence-electron chi connectivity index (χ3n) is 6.68. The van der Waals surface area contributed by atoms with Gasteiger partial charge in [-0.15, -0.1) is 0 Å². The molecule has 2 aromatic carbocycles. The molecule has 0 unspecified atom stereocenters. The van der Waals surface area contributed by atoms with E-state index in [0.29, 0.717) is 5.75 Å². The fourth-order valence-electron chi connectivity index (χ4n) is 4.45. The summed E-state index contributed by atoms with van der Waals surface area (Å²) in [5.41, 5.74) is 2.12. The van der Waals surface area contributed by atoms with Gasteiger partial charge in [0.05, 0.1) is 26.2 Å². The predicted molar refractivity (Wildman–Crippen MR) is 143 cm³/mol. The van der Waals surface area contributed by atoms with Gasteiger partial charge in [-0.2, -0.15) is 0 Å². The lowest BCUT2D eigenvalue weighted by molar-refractivity contribution is -0.139. The van der Waals surface area contributed by atoms with Gasteiger partial charge in [-0.25, -0.2) is 8.42 Å². The van der Waals surface area contributed by atoms with E-state index in [0.717, 1.165) is 47.4 Å².